The molecule has 1 radical (unpaired) electrons. The van der Waals surface area contributed by atoms with Crippen molar-refractivity contribution in [2.24, 2.45) is 0 Å². The molecule has 0 unspecified atom stereocenters. The van der Waals surface area contributed by atoms with E-state index in [1.807, 2.05) is 0 Å². The molecule has 0 aromatic heterocycles. The molecule has 1 aromatic rings. The molecular formula is C10H9BrO2Zn-. The Morgan fingerprint density at radius 2 is 1.71 bits per heavy atom. The number of methoxy groups -OCH3 is 2. The van der Waals surface area contributed by atoms with Crippen LogP contribution in [0.5, 0.6) is 11.5 Å². The summed E-state index contributed by atoms with van der Waals surface area (Å²) in [5.41, 5.74) is 0.674. The zero-order valence-electron chi connectivity index (χ0n) is 8.13. The average molecular weight is 306 g/mol. The maximum atomic E-state index is 6.90. The summed E-state index contributed by atoms with van der Waals surface area (Å²) in [4.78, 5) is 0. The third-order valence-corrected chi connectivity index (χ3v) is 1.53. The first-order valence-corrected chi connectivity index (χ1v) is 3.46. The molecule has 0 fully saturated rings. The van der Waals surface area contributed by atoms with E-state index in [0.29, 0.717) is 17.1 Å². The topological polar surface area (TPSA) is 18.5 Å². The third-order valence-electron chi connectivity index (χ3n) is 1.53. The van der Waals surface area contributed by atoms with E-state index in [1.54, 1.807) is 32.4 Å². The molecular weight excluding hydrogens is 297 g/mol. The van der Waals surface area contributed by atoms with Crippen LogP contribution >= 0.6 is 0 Å². The molecule has 0 aliphatic rings. The molecule has 0 spiro atoms. The minimum atomic E-state index is 0. The van der Waals surface area contributed by atoms with Crippen molar-refractivity contribution in [3.8, 4) is 17.4 Å². The van der Waals surface area contributed by atoms with E-state index in [9.17, 15) is 0 Å². The maximum absolute atomic E-state index is 6.90. The number of hydrogen-bond donors (Lipinski definition) is 0. The van der Waals surface area contributed by atoms with Crippen molar-refractivity contribution in [2.75, 3.05) is 14.2 Å². The number of halogens is 1. The summed E-state index contributed by atoms with van der Waals surface area (Å²) >= 11 is 0. The van der Waals surface area contributed by atoms with Crippen LogP contribution in [0.25, 0.3) is 0 Å². The Morgan fingerprint density at radius 1 is 1.14 bits per heavy atom. The summed E-state index contributed by atoms with van der Waals surface area (Å²) in [7, 11) is 3.14. The van der Waals surface area contributed by atoms with Crippen LogP contribution in [0.2, 0.25) is 0 Å². The van der Waals surface area contributed by atoms with Crippen LogP contribution in [0.1, 0.15) is 5.56 Å². The molecule has 0 saturated carbocycles. The largest absolute Gasteiger partial charge is 1.00 e. The molecule has 0 N–H and O–H groups in total. The van der Waals surface area contributed by atoms with Gasteiger partial charge in [-0.1, -0.05) is 5.92 Å². The van der Waals surface area contributed by atoms with E-state index in [2.05, 4.69) is 5.92 Å². The van der Waals surface area contributed by atoms with Crippen LogP contribution in [0, 0.1) is 12.3 Å². The van der Waals surface area contributed by atoms with Gasteiger partial charge in [0, 0.05) is 25.0 Å². The fourth-order valence-electron chi connectivity index (χ4n) is 0.914. The normalized spacial score (nSPS) is 7.50. The molecule has 71 valence electrons. The van der Waals surface area contributed by atoms with Gasteiger partial charge in [0.15, 0.2) is 11.5 Å². The molecule has 0 amide bonds. The molecule has 1 aromatic carbocycles. The van der Waals surface area contributed by atoms with Gasteiger partial charge in [0.05, 0.1) is 14.2 Å². The molecule has 1 rings (SSSR count). The molecule has 0 saturated heterocycles. The van der Waals surface area contributed by atoms with E-state index in [1.165, 1.54) is 0 Å². The van der Waals surface area contributed by atoms with Crippen molar-refractivity contribution < 1.29 is 45.9 Å². The van der Waals surface area contributed by atoms with Crippen molar-refractivity contribution in [3.63, 3.8) is 0 Å². The van der Waals surface area contributed by atoms with Gasteiger partial charge in [0.1, 0.15) is 0 Å². The Kier molecular flexibility index (Phi) is 8.93. The molecule has 14 heavy (non-hydrogen) atoms. The van der Waals surface area contributed by atoms with Gasteiger partial charge >= 0.3 is 0 Å². The van der Waals surface area contributed by atoms with Crippen molar-refractivity contribution in [1.82, 2.24) is 0 Å². The zero-order chi connectivity index (χ0) is 8.97. The van der Waals surface area contributed by atoms with Crippen molar-refractivity contribution in [3.05, 3.63) is 30.2 Å². The summed E-state index contributed by atoms with van der Waals surface area (Å²) in [6.07, 6.45) is 6.90. The second kappa shape index (κ2) is 7.85. The SMILES string of the molecule is [Br-].[C]#Cc1ccc(OC)c(OC)c1.[Zn]. The molecule has 4 heteroatoms. The predicted molar refractivity (Wildman–Crippen MR) is 45.8 cm³/mol. The second-order valence-corrected chi connectivity index (χ2v) is 2.19. The summed E-state index contributed by atoms with van der Waals surface area (Å²) in [6, 6.07) is 5.19. The van der Waals surface area contributed by atoms with Crippen LogP contribution in [0.15, 0.2) is 18.2 Å². The van der Waals surface area contributed by atoms with Gasteiger partial charge in [-0.05, 0) is 24.6 Å². The van der Waals surface area contributed by atoms with Crippen LogP contribution in [-0.4, -0.2) is 14.2 Å². The average Bonchev–Trinajstić information content (AvgIpc) is 2.16. The van der Waals surface area contributed by atoms with Gasteiger partial charge in [-0.15, -0.1) is 0 Å². The van der Waals surface area contributed by atoms with E-state index in [4.69, 9.17) is 15.9 Å². The van der Waals surface area contributed by atoms with E-state index < -0.39 is 0 Å². The van der Waals surface area contributed by atoms with Crippen molar-refractivity contribution in [2.45, 2.75) is 0 Å². The summed E-state index contributed by atoms with van der Waals surface area (Å²) in [5.74, 6) is 3.55. The van der Waals surface area contributed by atoms with Gasteiger partial charge in [-0.25, -0.2) is 0 Å². The Balaban J connectivity index is 0. The molecule has 0 bridgehead atoms. The summed E-state index contributed by atoms with van der Waals surface area (Å²) < 4.78 is 10.1. The minimum Gasteiger partial charge on any atom is -1.00 e. The fraction of sp³-hybridized carbons (Fsp3) is 0.200. The van der Waals surface area contributed by atoms with E-state index >= 15 is 0 Å². The molecule has 0 heterocycles. The molecule has 0 aliphatic carbocycles. The Morgan fingerprint density at radius 3 is 2.14 bits per heavy atom. The van der Waals surface area contributed by atoms with Crippen LogP contribution in [-0.2, 0) is 19.5 Å². The van der Waals surface area contributed by atoms with E-state index in [0.717, 1.165) is 0 Å². The van der Waals surface area contributed by atoms with Crippen LogP contribution < -0.4 is 26.5 Å². The van der Waals surface area contributed by atoms with Gasteiger partial charge in [-0.3, -0.25) is 0 Å². The third kappa shape index (κ3) is 3.69. The van der Waals surface area contributed by atoms with Crippen molar-refractivity contribution >= 4 is 0 Å². The Hall–Kier alpha value is -0.517. The van der Waals surface area contributed by atoms with Gasteiger partial charge < -0.3 is 26.5 Å². The van der Waals surface area contributed by atoms with Crippen LogP contribution in [0.3, 0.4) is 0 Å². The number of ether oxygens (including phenoxy) is 2. The zero-order valence-corrected chi connectivity index (χ0v) is 12.7. The van der Waals surface area contributed by atoms with Gasteiger partial charge in [0.25, 0.3) is 0 Å². The van der Waals surface area contributed by atoms with Crippen molar-refractivity contribution in [1.29, 1.82) is 0 Å². The standard InChI is InChI=1S/C10H9O2.BrH.Zn/c1-4-8-5-6-9(11-2)10(7-8)12-3;;/h5-7H,2-3H3;1H;/p-1. The first kappa shape index (κ1) is 15.9. The molecule has 2 nitrogen and oxygen atoms in total. The smallest absolute Gasteiger partial charge is 0.161 e. The first-order valence-electron chi connectivity index (χ1n) is 3.46. The maximum Gasteiger partial charge on any atom is 0.161 e. The molecule has 0 atom stereocenters. The quantitative estimate of drug-likeness (QED) is 0.497. The minimum absolute atomic E-state index is 0. The number of rotatable bonds is 2. The number of hydrogen-bond acceptors (Lipinski definition) is 2. The van der Waals surface area contributed by atoms with Gasteiger partial charge in [0.2, 0.25) is 0 Å². The van der Waals surface area contributed by atoms with Crippen LogP contribution in [0.4, 0.5) is 0 Å². The van der Waals surface area contributed by atoms with E-state index in [-0.39, 0.29) is 36.5 Å². The summed E-state index contributed by atoms with van der Waals surface area (Å²) in [5, 5.41) is 0. The summed E-state index contributed by atoms with van der Waals surface area (Å²) in [6.45, 7) is 0. The fourth-order valence-corrected chi connectivity index (χ4v) is 0.914. The Bertz CT molecular complexity index is 320. The first-order chi connectivity index (χ1) is 5.81. The second-order valence-electron chi connectivity index (χ2n) is 2.19. The molecule has 0 aliphatic heterocycles. The number of benzene rings is 1. The Labute approximate surface area is 108 Å². The van der Waals surface area contributed by atoms with Gasteiger partial charge in [-0.2, -0.15) is 0 Å². The monoisotopic (exact) mass is 304 g/mol. The predicted octanol–water partition coefficient (Wildman–Crippen LogP) is -1.36.